The Kier molecular flexibility index (Phi) is 4.57. The van der Waals surface area contributed by atoms with E-state index in [-0.39, 0.29) is 35.3 Å². The molecule has 1 unspecified atom stereocenters. The first-order chi connectivity index (χ1) is 15.0. The fourth-order valence-electron chi connectivity index (χ4n) is 3.58. The number of para-hydroxylation sites is 1. The first kappa shape index (κ1) is 19.4. The molecule has 0 fully saturated rings. The van der Waals surface area contributed by atoms with Gasteiger partial charge in [-0.1, -0.05) is 22.8 Å². The fraction of sp³-hybridized carbons (Fsp3) is 0.143. The van der Waals surface area contributed by atoms with Gasteiger partial charge in [-0.2, -0.15) is 4.98 Å². The maximum atomic E-state index is 13.5. The number of hydrogen-bond donors (Lipinski definition) is 1. The highest BCUT2D eigenvalue weighted by molar-refractivity contribution is 6.35. The van der Waals surface area contributed by atoms with Crippen LogP contribution in [0, 0.1) is 5.82 Å². The summed E-state index contributed by atoms with van der Waals surface area (Å²) in [6.07, 6.45) is 1.49. The number of nitrogens with zero attached hydrogens (tertiary/aromatic N) is 5. The van der Waals surface area contributed by atoms with Gasteiger partial charge in [0.2, 0.25) is 5.82 Å². The highest BCUT2D eigenvalue weighted by atomic mass is 35.5. The van der Waals surface area contributed by atoms with E-state index in [0.717, 1.165) is 0 Å². The molecule has 2 aromatic carbocycles. The third-order valence-electron chi connectivity index (χ3n) is 5.09. The summed E-state index contributed by atoms with van der Waals surface area (Å²) in [5.41, 5.74) is 1.72. The molecular weight excluding hydrogens is 425 g/mol. The van der Waals surface area contributed by atoms with Crippen LogP contribution in [0.5, 0.6) is 0 Å². The van der Waals surface area contributed by atoms with Crippen molar-refractivity contribution in [2.24, 2.45) is 0 Å². The summed E-state index contributed by atoms with van der Waals surface area (Å²) in [6.45, 7) is 1.47. The molecule has 3 heterocycles. The Morgan fingerprint density at radius 2 is 1.97 bits per heavy atom. The maximum absolute atomic E-state index is 13.5. The molecule has 0 aliphatic heterocycles. The molecule has 0 saturated heterocycles. The molecule has 0 spiro atoms. The highest BCUT2D eigenvalue weighted by Gasteiger charge is 2.23. The van der Waals surface area contributed by atoms with Crippen molar-refractivity contribution >= 4 is 28.2 Å². The second kappa shape index (κ2) is 7.29. The van der Waals surface area contributed by atoms with E-state index in [4.69, 9.17) is 16.1 Å². The molecule has 1 N–H and O–H groups in total. The number of rotatable bonds is 4. The molecule has 0 amide bonds. The number of aliphatic hydroxyl groups excluding tert-OH is 1. The smallest absolute Gasteiger partial charge is 0.278 e. The van der Waals surface area contributed by atoms with E-state index in [2.05, 4.69) is 15.1 Å². The Labute approximate surface area is 179 Å². The van der Waals surface area contributed by atoms with Crippen LogP contribution in [-0.2, 0) is 0 Å². The minimum absolute atomic E-state index is 0.114. The molecule has 0 aliphatic carbocycles. The average Bonchev–Trinajstić information content (AvgIpc) is 3.42. The topological polar surface area (TPSA) is 98.5 Å². The van der Waals surface area contributed by atoms with E-state index in [1.165, 1.54) is 35.2 Å². The van der Waals surface area contributed by atoms with E-state index in [1.54, 1.807) is 29.5 Å². The molecule has 3 aromatic heterocycles. The Balaban J connectivity index is 1.77. The lowest BCUT2D eigenvalue weighted by Gasteiger charge is -2.18. The lowest BCUT2D eigenvalue weighted by molar-refractivity contribution is 0.239. The van der Waals surface area contributed by atoms with Gasteiger partial charge in [0.25, 0.3) is 11.4 Å². The predicted octanol–water partition coefficient (Wildman–Crippen LogP) is 3.71. The van der Waals surface area contributed by atoms with E-state index >= 15 is 0 Å². The van der Waals surface area contributed by atoms with Crippen LogP contribution < -0.4 is 5.56 Å². The molecule has 31 heavy (non-hydrogen) atoms. The van der Waals surface area contributed by atoms with E-state index in [0.29, 0.717) is 21.6 Å². The largest absolute Gasteiger partial charge is 0.394 e. The zero-order chi connectivity index (χ0) is 21.7. The Bertz CT molecular complexity index is 1490. The van der Waals surface area contributed by atoms with Crippen LogP contribution in [0.2, 0.25) is 5.02 Å². The molecule has 156 valence electrons. The van der Waals surface area contributed by atoms with Gasteiger partial charge in [-0.15, -0.1) is 0 Å². The molecule has 8 nitrogen and oxygen atoms in total. The molecule has 0 bridgehead atoms. The van der Waals surface area contributed by atoms with Crippen molar-refractivity contribution in [3.05, 3.63) is 70.0 Å². The Morgan fingerprint density at radius 3 is 2.71 bits per heavy atom. The van der Waals surface area contributed by atoms with Crippen LogP contribution in [-0.4, -0.2) is 35.8 Å². The number of benzene rings is 2. The maximum Gasteiger partial charge on any atom is 0.278 e. The quantitative estimate of drug-likeness (QED) is 0.458. The van der Waals surface area contributed by atoms with Gasteiger partial charge in [0, 0.05) is 5.56 Å². The van der Waals surface area contributed by atoms with Crippen molar-refractivity contribution in [3.8, 4) is 23.0 Å². The van der Waals surface area contributed by atoms with Crippen LogP contribution in [0.15, 0.2) is 58.1 Å². The first-order valence-electron chi connectivity index (χ1n) is 9.40. The van der Waals surface area contributed by atoms with Gasteiger partial charge < -0.3 is 9.63 Å². The van der Waals surface area contributed by atoms with Crippen molar-refractivity contribution in [1.82, 2.24) is 24.1 Å². The standard InChI is InChI=1S/C21H15ClFN5O3/c1-11(9-29)28-17-14(22)3-2-4-15(17)27-10-24-16(18(27)21(28)30)19-25-20(31-26-19)12-5-7-13(23)8-6-12/h2-8,10-11,29H,9H2,1H3. The summed E-state index contributed by atoms with van der Waals surface area (Å²) in [7, 11) is 0. The molecular formula is C21H15ClFN5O3. The molecule has 1 atom stereocenters. The third kappa shape index (κ3) is 3.01. The van der Waals surface area contributed by atoms with Crippen LogP contribution in [0.3, 0.4) is 0 Å². The van der Waals surface area contributed by atoms with Gasteiger partial charge in [0.15, 0.2) is 0 Å². The van der Waals surface area contributed by atoms with E-state index < -0.39 is 11.6 Å². The molecule has 10 heteroatoms. The van der Waals surface area contributed by atoms with Crippen molar-refractivity contribution < 1.29 is 14.0 Å². The minimum Gasteiger partial charge on any atom is -0.394 e. The molecule has 5 aromatic rings. The summed E-state index contributed by atoms with van der Waals surface area (Å²) < 4.78 is 21.6. The first-order valence-corrected chi connectivity index (χ1v) is 9.78. The number of fused-ring (bicyclic) bond motifs is 3. The summed E-state index contributed by atoms with van der Waals surface area (Å²) >= 11 is 6.40. The van der Waals surface area contributed by atoms with Crippen LogP contribution in [0.1, 0.15) is 13.0 Å². The summed E-state index contributed by atoms with van der Waals surface area (Å²) in [5.74, 6) is -0.0970. The summed E-state index contributed by atoms with van der Waals surface area (Å²) in [6, 6.07) is 10.3. The Morgan fingerprint density at radius 1 is 1.19 bits per heavy atom. The van der Waals surface area contributed by atoms with Crippen molar-refractivity contribution in [2.45, 2.75) is 13.0 Å². The molecule has 0 radical (unpaired) electrons. The third-order valence-corrected chi connectivity index (χ3v) is 5.39. The lowest BCUT2D eigenvalue weighted by Crippen LogP contribution is -2.27. The van der Waals surface area contributed by atoms with Crippen LogP contribution in [0.4, 0.5) is 4.39 Å². The highest BCUT2D eigenvalue weighted by Crippen LogP contribution is 2.29. The minimum atomic E-state index is -0.525. The van der Waals surface area contributed by atoms with Crippen LogP contribution in [0.25, 0.3) is 39.5 Å². The van der Waals surface area contributed by atoms with Crippen molar-refractivity contribution in [2.75, 3.05) is 6.61 Å². The average molecular weight is 440 g/mol. The van der Waals surface area contributed by atoms with Crippen molar-refractivity contribution in [3.63, 3.8) is 0 Å². The van der Waals surface area contributed by atoms with E-state index in [9.17, 15) is 14.3 Å². The van der Waals surface area contributed by atoms with Crippen molar-refractivity contribution in [1.29, 1.82) is 0 Å². The fourth-order valence-corrected chi connectivity index (χ4v) is 3.84. The molecule has 5 rings (SSSR count). The van der Waals surface area contributed by atoms with Gasteiger partial charge in [-0.05, 0) is 43.3 Å². The van der Waals surface area contributed by atoms with E-state index in [1.807, 2.05) is 0 Å². The summed E-state index contributed by atoms with van der Waals surface area (Å²) in [5, 5.41) is 14.1. The van der Waals surface area contributed by atoms with Crippen LogP contribution >= 0.6 is 11.6 Å². The number of hydrogen-bond acceptors (Lipinski definition) is 6. The number of halogens is 2. The summed E-state index contributed by atoms with van der Waals surface area (Å²) in [4.78, 5) is 22.2. The zero-order valence-corrected chi connectivity index (χ0v) is 16.9. The lowest BCUT2D eigenvalue weighted by atomic mass is 10.2. The second-order valence-electron chi connectivity index (χ2n) is 7.06. The molecule has 0 aliphatic rings. The van der Waals surface area contributed by atoms with Gasteiger partial charge in [-0.3, -0.25) is 13.8 Å². The zero-order valence-electron chi connectivity index (χ0n) is 16.2. The monoisotopic (exact) mass is 439 g/mol. The normalized spacial score (nSPS) is 12.6. The van der Waals surface area contributed by atoms with Gasteiger partial charge in [-0.25, -0.2) is 9.37 Å². The van der Waals surface area contributed by atoms with Gasteiger partial charge >= 0.3 is 0 Å². The number of imidazole rings is 1. The number of aliphatic hydroxyl groups is 1. The molecule has 0 saturated carbocycles. The number of aromatic nitrogens is 5. The Hall–Kier alpha value is -3.56. The predicted molar refractivity (Wildman–Crippen MR) is 112 cm³/mol. The van der Waals surface area contributed by atoms with Gasteiger partial charge in [0.05, 0.1) is 28.7 Å². The SMILES string of the molecule is CC(CO)n1c(=O)c2c(-c3noc(-c4ccc(F)cc4)n3)ncn2c2cccc(Cl)c21. The second-order valence-corrected chi connectivity index (χ2v) is 7.46. The van der Waals surface area contributed by atoms with Gasteiger partial charge in [0.1, 0.15) is 23.4 Å².